The number of halogens is 1. The van der Waals surface area contributed by atoms with Crippen LogP contribution in [0.15, 0.2) is 53.8 Å². The average molecular weight is 421 g/mol. The molecule has 31 heavy (non-hydrogen) atoms. The number of aromatic nitrogens is 6. The summed E-state index contributed by atoms with van der Waals surface area (Å²) in [6.45, 7) is 5.69. The van der Waals surface area contributed by atoms with Gasteiger partial charge in [-0.2, -0.15) is 9.78 Å². The Labute approximate surface area is 176 Å². The molecule has 1 N–H and O–H groups in total. The van der Waals surface area contributed by atoms with Gasteiger partial charge in [-0.1, -0.05) is 20.8 Å². The van der Waals surface area contributed by atoms with E-state index in [1.165, 1.54) is 23.1 Å². The second-order valence-electron chi connectivity index (χ2n) is 8.01. The van der Waals surface area contributed by atoms with E-state index < -0.39 is 17.3 Å². The zero-order valence-corrected chi connectivity index (χ0v) is 17.2. The molecule has 9 nitrogen and oxygen atoms in total. The number of rotatable bonds is 4. The minimum Gasteiger partial charge on any atom is -0.309 e. The number of carbonyl (C=O) groups is 1. The average Bonchev–Trinajstić information content (AvgIpc) is 3.15. The maximum absolute atomic E-state index is 13.5. The van der Waals surface area contributed by atoms with Crippen molar-refractivity contribution in [3.8, 4) is 5.95 Å². The number of nitrogens with one attached hydrogen (secondary N) is 1. The Balaban J connectivity index is 1.65. The lowest BCUT2D eigenvalue weighted by atomic mass is 9.92. The Hall–Kier alpha value is -3.95. The van der Waals surface area contributed by atoms with Gasteiger partial charge in [0.25, 0.3) is 11.5 Å². The Morgan fingerprint density at radius 2 is 1.87 bits per heavy atom. The van der Waals surface area contributed by atoms with E-state index in [9.17, 15) is 14.0 Å². The van der Waals surface area contributed by atoms with Gasteiger partial charge < -0.3 is 5.32 Å². The summed E-state index contributed by atoms with van der Waals surface area (Å²) in [5.41, 5.74) is 0.311. The van der Waals surface area contributed by atoms with Crippen molar-refractivity contribution in [3.05, 3.63) is 70.9 Å². The third-order valence-electron chi connectivity index (χ3n) is 4.59. The summed E-state index contributed by atoms with van der Waals surface area (Å²) in [7, 11) is 0. The lowest BCUT2D eigenvalue weighted by molar-refractivity contribution is -0.116. The first-order valence-electron chi connectivity index (χ1n) is 9.55. The van der Waals surface area contributed by atoms with Crippen LogP contribution in [0.25, 0.3) is 16.9 Å². The monoisotopic (exact) mass is 421 g/mol. The fraction of sp³-hybridized carbons (Fsp3) is 0.238. The molecule has 3 aromatic heterocycles. The summed E-state index contributed by atoms with van der Waals surface area (Å²) < 4.78 is 16.1. The van der Waals surface area contributed by atoms with Crippen LogP contribution in [0.3, 0.4) is 0 Å². The van der Waals surface area contributed by atoms with Crippen molar-refractivity contribution in [1.29, 1.82) is 0 Å². The smallest absolute Gasteiger partial charge is 0.261 e. The van der Waals surface area contributed by atoms with Crippen LogP contribution in [0.1, 0.15) is 26.5 Å². The number of hydrogen-bond acceptors (Lipinski definition) is 6. The lowest BCUT2D eigenvalue weighted by Gasteiger charge is -2.13. The van der Waals surface area contributed by atoms with E-state index in [0.717, 1.165) is 16.3 Å². The second-order valence-corrected chi connectivity index (χ2v) is 8.01. The van der Waals surface area contributed by atoms with Crippen LogP contribution >= 0.6 is 0 Å². The molecule has 0 spiro atoms. The summed E-state index contributed by atoms with van der Waals surface area (Å²) >= 11 is 0. The largest absolute Gasteiger partial charge is 0.309 e. The van der Waals surface area contributed by atoms with E-state index in [4.69, 9.17) is 0 Å². The van der Waals surface area contributed by atoms with E-state index in [2.05, 4.69) is 25.4 Å². The quantitative estimate of drug-likeness (QED) is 0.542. The molecule has 0 saturated heterocycles. The summed E-state index contributed by atoms with van der Waals surface area (Å²) in [4.78, 5) is 37.9. The molecule has 0 atom stereocenters. The van der Waals surface area contributed by atoms with Crippen LogP contribution in [0, 0.1) is 5.82 Å². The summed E-state index contributed by atoms with van der Waals surface area (Å²) in [6, 6.07) is 7.17. The van der Waals surface area contributed by atoms with Crippen molar-refractivity contribution in [3.63, 3.8) is 0 Å². The fourth-order valence-electron chi connectivity index (χ4n) is 2.97. The van der Waals surface area contributed by atoms with Gasteiger partial charge in [-0.05, 0) is 24.3 Å². The number of anilines is 1. The number of carbonyl (C=O) groups excluding carboxylic acids is 1. The van der Waals surface area contributed by atoms with Crippen molar-refractivity contribution in [1.82, 2.24) is 29.3 Å². The van der Waals surface area contributed by atoms with Gasteiger partial charge in [0.1, 0.15) is 18.2 Å². The summed E-state index contributed by atoms with van der Waals surface area (Å²) in [6.07, 6.45) is 4.41. The van der Waals surface area contributed by atoms with E-state index in [0.29, 0.717) is 17.3 Å². The molecule has 0 unspecified atom stereocenters. The highest BCUT2D eigenvalue weighted by Crippen LogP contribution is 2.25. The van der Waals surface area contributed by atoms with Crippen molar-refractivity contribution in [2.24, 2.45) is 0 Å². The lowest BCUT2D eigenvalue weighted by Crippen LogP contribution is -2.28. The predicted molar refractivity (Wildman–Crippen MR) is 112 cm³/mol. The van der Waals surface area contributed by atoms with Gasteiger partial charge in [-0.15, -0.1) is 0 Å². The van der Waals surface area contributed by atoms with Gasteiger partial charge in [0.15, 0.2) is 0 Å². The Bertz CT molecular complexity index is 1320. The van der Waals surface area contributed by atoms with E-state index >= 15 is 0 Å². The Morgan fingerprint density at radius 1 is 1.13 bits per heavy atom. The number of fused-ring (bicyclic) bond motifs is 1. The van der Waals surface area contributed by atoms with Crippen molar-refractivity contribution >= 4 is 22.6 Å². The Kier molecular flexibility index (Phi) is 5.05. The minimum atomic E-state index is -0.546. The third kappa shape index (κ3) is 4.18. The molecule has 0 fully saturated rings. The molecule has 0 aliphatic carbocycles. The maximum Gasteiger partial charge on any atom is 0.261 e. The standard InChI is InChI=1S/C21H20FN7O2/c1-21(2,3)16-10-17(29(27-16)20-23-7-4-8-24-20)26-18(30)11-28-12-25-15-6-5-13(22)9-14(15)19(28)31/h4-10,12H,11H2,1-3H3,(H,26,30). The molecule has 4 aromatic rings. The SMILES string of the molecule is CC(C)(C)c1cc(NC(=O)Cn2cnc3ccc(F)cc3c2=O)n(-c2ncccn2)n1. The Morgan fingerprint density at radius 3 is 2.58 bits per heavy atom. The number of benzene rings is 1. The molecule has 158 valence electrons. The third-order valence-corrected chi connectivity index (χ3v) is 4.59. The maximum atomic E-state index is 13.5. The van der Waals surface area contributed by atoms with Crippen LogP contribution in [-0.4, -0.2) is 35.2 Å². The number of hydrogen-bond donors (Lipinski definition) is 1. The van der Waals surface area contributed by atoms with Gasteiger partial charge in [0, 0.05) is 23.9 Å². The van der Waals surface area contributed by atoms with Gasteiger partial charge >= 0.3 is 0 Å². The minimum absolute atomic E-state index is 0.105. The first-order chi connectivity index (χ1) is 14.7. The van der Waals surface area contributed by atoms with E-state index in [1.807, 2.05) is 20.8 Å². The molecular weight excluding hydrogens is 401 g/mol. The molecule has 1 amide bonds. The molecule has 0 aliphatic rings. The van der Waals surface area contributed by atoms with Crippen molar-refractivity contribution in [2.45, 2.75) is 32.7 Å². The first-order valence-corrected chi connectivity index (χ1v) is 9.55. The summed E-state index contributed by atoms with van der Waals surface area (Å²) in [5.74, 6) is -0.352. The van der Waals surface area contributed by atoms with E-state index in [1.54, 1.807) is 24.5 Å². The molecule has 3 heterocycles. The zero-order chi connectivity index (χ0) is 22.2. The molecular formula is C21H20FN7O2. The number of nitrogens with zero attached hydrogens (tertiary/aromatic N) is 6. The fourth-order valence-corrected chi connectivity index (χ4v) is 2.97. The number of amides is 1. The normalized spacial score (nSPS) is 11.6. The second kappa shape index (κ2) is 7.71. The van der Waals surface area contributed by atoms with Crippen LogP contribution in [0.5, 0.6) is 0 Å². The topological polar surface area (TPSA) is 108 Å². The first kappa shape index (κ1) is 20.3. The molecule has 0 aliphatic heterocycles. The van der Waals surface area contributed by atoms with Gasteiger partial charge in [0.2, 0.25) is 5.91 Å². The molecule has 0 saturated carbocycles. The molecule has 10 heteroatoms. The highest BCUT2D eigenvalue weighted by atomic mass is 19.1. The van der Waals surface area contributed by atoms with Crippen LogP contribution in [0.4, 0.5) is 10.2 Å². The van der Waals surface area contributed by atoms with E-state index in [-0.39, 0.29) is 17.3 Å². The molecule has 4 rings (SSSR count). The zero-order valence-electron chi connectivity index (χ0n) is 17.2. The van der Waals surface area contributed by atoms with Gasteiger partial charge in [-0.3, -0.25) is 14.2 Å². The predicted octanol–water partition coefficient (Wildman–Crippen LogP) is 2.45. The van der Waals surface area contributed by atoms with Crippen LogP contribution in [-0.2, 0) is 16.8 Å². The van der Waals surface area contributed by atoms with Gasteiger partial charge in [-0.25, -0.2) is 19.3 Å². The summed E-state index contributed by atoms with van der Waals surface area (Å²) in [5, 5.41) is 7.40. The van der Waals surface area contributed by atoms with Crippen molar-refractivity contribution < 1.29 is 9.18 Å². The van der Waals surface area contributed by atoms with Crippen LogP contribution in [0.2, 0.25) is 0 Å². The van der Waals surface area contributed by atoms with Gasteiger partial charge in [0.05, 0.1) is 22.9 Å². The highest BCUT2D eigenvalue weighted by molar-refractivity contribution is 5.90. The molecule has 1 aromatic carbocycles. The van der Waals surface area contributed by atoms with Crippen molar-refractivity contribution in [2.75, 3.05) is 5.32 Å². The molecule has 0 radical (unpaired) electrons. The van der Waals surface area contributed by atoms with Crippen LogP contribution < -0.4 is 10.9 Å². The molecule has 0 bridgehead atoms. The highest BCUT2D eigenvalue weighted by Gasteiger charge is 2.22.